The third-order valence-electron chi connectivity index (χ3n) is 13.2. The first-order valence-corrected chi connectivity index (χ1v) is 21.9. The number of aromatic nitrogens is 2. The number of hydrogen-bond donors (Lipinski definition) is 2. The Hall–Kier alpha value is -6.81. The number of anilines is 2. The van der Waals surface area contributed by atoms with Gasteiger partial charge in [-0.1, -0.05) is 96.8 Å². The Balaban J connectivity index is 1.21. The minimum atomic E-state index is -1.70. The number of ether oxygens (including phenoxy) is 2. The van der Waals surface area contributed by atoms with Gasteiger partial charge in [-0.3, -0.25) is 19.3 Å². The lowest BCUT2D eigenvalue weighted by Gasteiger charge is -2.46. The van der Waals surface area contributed by atoms with Crippen LogP contribution in [0.15, 0.2) is 133 Å². The molecule has 2 N–H and O–H groups in total. The molecule has 0 bridgehead atoms. The zero-order valence-electron chi connectivity index (χ0n) is 34.8. The molecule has 3 saturated heterocycles. The molecule has 5 aromatic rings. The molecular weight excluding hydrogens is 793 g/mol. The summed E-state index contributed by atoms with van der Waals surface area (Å²) in [5, 5.41) is 13.2. The fourth-order valence-corrected chi connectivity index (χ4v) is 10.5. The van der Waals surface area contributed by atoms with Crippen molar-refractivity contribution in [3.63, 3.8) is 0 Å². The second kappa shape index (κ2) is 17.2. The molecule has 0 unspecified atom stereocenters. The Bertz CT molecular complexity index is 2610. The number of aliphatic hydroxyl groups excluding tert-OH is 1. The zero-order chi connectivity index (χ0) is 42.9. The van der Waals surface area contributed by atoms with Crippen molar-refractivity contribution in [3.8, 4) is 17.6 Å². The van der Waals surface area contributed by atoms with Gasteiger partial charge in [-0.2, -0.15) is 0 Å². The van der Waals surface area contributed by atoms with Gasteiger partial charge in [-0.25, -0.2) is 9.97 Å². The van der Waals surface area contributed by atoms with E-state index >= 15 is 14.4 Å². The summed E-state index contributed by atoms with van der Waals surface area (Å²) in [4.78, 5) is 61.8. The number of aliphatic hydroxyl groups is 1. The highest BCUT2D eigenvalue weighted by atomic mass is 16.6. The number of nitrogens with one attached hydrogen (secondary N) is 1. The lowest BCUT2D eigenvalue weighted by atomic mass is 9.64. The molecule has 3 fully saturated rings. The van der Waals surface area contributed by atoms with Crippen LogP contribution in [0.1, 0.15) is 71.7 Å². The summed E-state index contributed by atoms with van der Waals surface area (Å²) in [6.45, 7) is 1.29. The number of hydrogen-bond acceptors (Lipinski definition) is 10. The Kier molecular flexibility index (Phi) is 11.0. The second-order valence-electron chi connectivity index (χ2n) is 16.7. The van der Waals surface area contributed by atoms with E-state index in [4.69, 9.17) is 9.47 Å². The van der Waals surface area contributed by atoms with Crippen molar-refractivity contribution >= 4 is 29.4 Å². The van der Waals surface area contributed by atoms with Crippen LogP contribution in [0, 0.1) is 17.8 Å². The molecule has 12 heteroatoms. The first-order valence-electron chi connectivity index (χ1n) is 21.9. The maximum Gasteiger partial charge on any atom is 0.324 e. The maximum atomic E-state index is 16.0. The summed E-state index contributed by atoms with van der Waals surface area (Å²) in [6.07, 6.45) is 8.91. The molecule has 6 atom stereocenters. The minimum Gasteiger partial charge on any atom is -0.491 e. The summed E-state index contributed by atoms with van der Waals surface area (Å²) in [7, 11) is 0. The van der Waals surface area contributed by atoms with Crippen LogP contribution < -0.4 is 15.0 Å². The lowest BCUT2D eigenvalue weighted by Crippen LogP contribution is -2.58. The molecule has 1 aliphatic carbocycles. The van der Waals surface area contributed by atoms with Gasteiger partial charge in [0.2, 0.25) is 17.8 Å². The fourth-order valence-electron chi connectivity index (χ4n) is 10.5. The van der Waals surface area contributed by atoms with E-state index in [-0.39, 0.29) is 19.1 Å². The normalized spacial score (nSPS) is 25.3. The van der Waals surface area contributed by atoms with Crippen LogP contribution in [-0.2, 0) is 24.5 Å². The molecule has 4 aromatic carbocycles. The average Bonchev–Trinajstić information content (AvgIpc) is 3.82. The molecule has 5 aliphatic rings. The summed E-state index contributed by atoms with van der Waals surface area (Å²) in [5.74, 6) is 5.21. The van der Waals surface area contributed by atoms with Crippen LogP contribution >= 0.6 is 0 Å². The van der Waals surface area contributed by atoms with Gasteiger partial charge >= 0.3 is 5.97 Å². The average molecular weight is 841 g/mol. The van der Waals surface area contributed by atoms with Crippen molar-refractivity contribution in [2.75, 3.05) is 49.6 Å². The number of esters is 1. The largest absolute Gasteiger partial charge is 0.491 e. The van der Waals surface area contributed by atoms with Crippen LogP contribution in [0.5, 0.6) is 5.75 Å². The van der Waals surface area contributed by atoms with E-state index in [0.717, 1.165) is 42.4 Å². The molecule has 1 spiro atoms. The number of nitrogens with zero attached hydrogens (tertiary/aromatic N) is 5. The van der Waals surface area contributed by atoms with Crippen molar-refractivity contribution < 1.29 is 29.0 Å². The highest BCUT2D eigenvalue weighted by molar-refractivity contribution is 6.12. The SMILES string of the molecule is O=C1O[C@@H](c2ccccc2)[C@@H](c2ccccc2)N2[C@@H](c3ccccc3OCCO)[C@]3(C(=O)Nc4ccc(C#CC5=CCCCC5)cc43)[C@@H](C(=O)N3CCN(c4ncccn4)CC3)[C@H]12. The van der Waals surface area contributed by atoms with Crippen molar-refractivity contribution in [2.45, 2.75) is 55.3 Å². The molecule has 2 amide bonds. The number of piperazine rings is 1. The molecule has 1 aromatic heterocycles. The van der Waals surface area contributed by atoms with Gasteiger partial charge < -0.3 is 29.7 Å². The Morgan fingerprint density at radius 2 is 1.57 bits per heavy atom. The van der Waals surface area contributed by atoms with Crippen molar-refractivity contribution in [2.24, 2.45) is 5.92 Å². The Morgan fingerprint density at radius 3 is 2.30 bits per heavy atom. The zero-order valence-corrected chi connectivity index (χ0v) is 34.8. The van der Waals surface area contributed by atoms with Crippen molar-refractivity contribution in [1.82, 2.24) is 19.8 Å². The van der Waals surface area contributed by atoms with Gasteiger partial charge in [0.05, 0.1) is 24.6 Å². The second-order valence-corrected chi connectivity index (χ2v) is 16.7. The number of carbonyl (C=O) groups excluding carboxylic acids is 3. The molecule has 10 rings (SSSR count). The summed E-state index contributed by atoms with van der Waals surface area (Å²) >= 11 is 0. The number of para-hydroxylation sites is 1. The highest BCUT2D eigenvalue weighted by Gasteiger charge is 2.74. The lowest BCUT2D eigenvalue weighted by molar-refractivity contribution is -0.179. The quantitative estimate of drug-likeness (QED) is 0.135. The van der Waals surface area contributed by atoms with E-state index in [1.165, 1.54) is 0 Å². The number of morpholine rings is 1. The Morgan fingerprint density at radius 1 is 0.841 bits per heavy atom. The molecule has 63 heavy (non-hydrogen) atoms. The van der Waals surface area contributed by atoms with Crippen LogP contribution in [0.2, 0.25) is 0 Å². The van der Waals surface area contributed by atoms with Gasteiger partial charge in [-0.15, -0.1) is 0 Å². The smallest absolute Gasteiger partial charge is 0.324 e. The fraction of sp³-hybridized carbons (Fsp3) is 0.314. The predicted octanol–water partition coefficient (Wildman–Crippen LogP) is 6.32. The highest BCUT2D eigenvalue weighted by Crippen LogP contribution is 2.66. The maximum absolute atomic E-state index is 16.0. The van der Waals surface area contributed by atoms with E-state index in [2.05, 4.69) is 38.1 Å². The minimum absolute atomic E-state index is 0.00685. The number of amides is 2. The number of allylic oxidation sites excluding steroid dienone is 2. The number of rotatable bonds is 8. The van der Waals surface area contributed by atoms with Gasteiger partial charge in [0.25, 0.3) is 0 Å². The van der Waals surface area contributed by atoms with E-state index in [1.807, 2.05) is 108 Å². The third kappa shape index (κ3) is 7.11. The van der Waals surface area contributed by atoms with Gasteiger partial charge in [0.1, 0.15) is 29.9 Å². The van der Waals surface area contributed by atoms with Gasteiger partial charge in [0, 0.05) is 55.4 Å². The Labute approximate surface area is 366 Å². The third-order valence-corrected chi connectivity index (χ3v) is 13.2. The summed E-state index contributed by atoms with van der Waals surface area (Å²) in [5.41, 5.74) is 3.44. The molecule has 318 valence electrons. The first-order chi connectivity index (χ1) is 31.0. The topological polar surface area (TPSA) is 137 Å². The van der Waals surface area contributed by atoms with Crippen LogP contribution in [-0.4, -0.2) is 88.1 Å². The molecular formula is C51H48N6O6. The van der Waals surface area contributed by atoms with Crippen LogP contribution in [0.25, 0.3) is 0 Å². The van der Waals surface area contributed by atoms with E-state index in [0.29, 0.717) is 60.3 Å². The van der Waals surface area contributed by atoms with Crippen LogP contribution in [0.3, 0.4) is 0 Å². The van der Waals surface area contributed by atoms with Crippen molar-refractivity contribution in [1.29, 1.82) is 0 Å². The standard InChI is InChI=1S/C51H48N6O6/c58-31-32-62-41-20-11-10-19-38(41)46-51(39-33-35(23-24-40(39)54-49(51)61)22-21-34-13-4-1-5-14-34)42(47(59)55-27-29-56(30-28-55)50-52-25-12-26-53-50)44-48(60)63-45(37-17-8-3-9-18-37)43(57(44)46)36-15-6-2-7-16-36/h2-3,6-13,15-20,23-26,33,42-46,58H,1,4-5,14,27-32H2,(H,54,61)/t42-,43-,44-,45+,46+,51-/m1/s1. The van der Waals surface area contributed by atoms with E-state index < -0.39 is 47.4 Å². The number of carbonyl (C=O) groups is 3. The molecule has 5 heterocycles. The molecule has 4 aliphatic heterocycles. The van der Waals surface area contributed by atoms with E-state index in [9.17, 15) is 5.11 Å². The molecule has 0 saturated carbocycles. The summed E-state index contributed by atoms with van der Waals surface area (Å²) in [6, 6.07) is 31.6. The number of fused-ring (bicyclic) bond motifs is 3. The van der Waals surface area contributed by atoms with Crippen molar-refractivity contribution in [3.05, 3.63) is 161 Å². The van der Waals surface area contributed by atoms with E-state index in [1.54, 1.807) is 23.4 Å². The first kappa shape index (κ1) is 40.3. The summed E-state index contributed by atoms with van der Waals surface area (Å²) < 4.78 is 12.9. The van der Waals surface area contributed by atoms with Gasteiger partial charge in [0.15, 0.2) is 0 Å². The number of benzene rings is 4. The number of cyclic esters (lactones) is 1. The van der Waals surface area contributed by atoms with Crippen LogP contribution in [0.4, 0.5) is 11.6 Å². The molecule has 12 nitrogen and oxygen atoms in total. The predicted molar refractivity (Wildman–Crippen MR) is 236 cm³/mol. The molecule has 0 radical (unpaired) electrons. The monoisotopic (exact) mass is 840 g/mol. The van der Waals surface area contributed by atoms with Gasteiger partial charge in [-0.05, 0) is 78.3 Å².